The van der Waals surface area contributed by atoms with Crippen LogP contribution in [0, 0.1) is 0 Å². The Hall–Kier alpha value is -3.02. The molecule has 2 aromatic heterocycles. The molecule has 0 saturated heterocycles. The number of carbonyl (C=O) groups is 1. The Morgan fingerprint density at radius 2 is 1.94 bits per heavy atom. The highest BCUT2D eigenvalue weighted by Gasteiger charge is 2.21. The lowest BCUT2D eigenvalue weighted by Gasteiger charge is -2.15. The van der Waals surface area contributed by atoms with Crippen molar-refractivity contribution >= 4 is 40.6 Å². The van der Waals surface area contributed by atoms with Crippen molar-refractivity contribution in [2.75, 3.05) is 31.4 Å². The van der Waals surface area contributed by atoms with Crippen molar-refractivity contribution < 1.29 is 14.3 Å². The average molecular weight is 507 g/mol. The second-order valence-electron chi connectivity index (χ2n) is 7.25. The number of hydrogen-bond donors (Lipinski definition) is 3. The molecule has 2 heterocycles. The Morgan fingerprint density at radius 3 is 2.59 bits per heavy atom. The SMILES string of the molecule is CCOC[C@H](N)c1cncc(NC(=O)c2c(N)ncn(-c3c(Cl)cc(COC)cc3Cl)c2=O)c1. The summed E-state index contributed by atoms with van der Waals surface area (Å²) < 4.78 is 11.5. The zero-order valence-electron chi connectivity index (χ0n) is 18.5. The number of halogens is 2. The highest BCUT2D eigenvalue weighted by atomic mass is 35.5. The molecule has 0 aliphatic heterocycles. The van der Waals surface area contributed by atoms with Gasteiger partial charge in [0.25, 0.3) is 11.5 Å². The molecule has 0 aliphatic carbocycles. The van der Waals surface area contributed by atoms with Gasteiger partial charge in [0.2, 0.25) is 0 Å². The molecule has 1 aromatic carbocycles. The smallest absolute Gasteiger partial charge is 0.273 e. The molecular weight excluding hydrogens is 483 g/mol. The van der Waals surface area contributed by atoms with Gasteiger partial charge >= 0.3 is 0 Å². The van der Waals surface area contributed by atoms with Crippen LogP contribution in [0.2, 0.25) is 10.0 Å². The minimum Gasteiger partial charge on any atom is -0.383 e. The van der Waals surface area contributed by atoms with Crippen LogP contribution in [-0.2, 0) is 16.1 Å². The number of rotatable bonds is 9. The summed E-state index contributed by atoms with van der Waals surface area (Å²) in [7, 11) is 1.53. The molecule has 0 bridgehead atoms. The van der Waals surface area contributed by atoms with Crippen molar-refractivity contribution in [1.29, 1.82) is 0 Å². The molecule has 0 unspecified atom stereocenters. The molecule has 0 aliphatic rings. The number of nitrogen functional groups attached to an aromatic ring is 1. The van der Waals surface area contributed by atoms with Crippen LogP contribution in [0.4, 0.5) is 11.5 Å². The van der Waals surface area contributed by atoms with Crippen LogP contribution in [0.15, 0.2) is 41.7 Å². The number of nitrogens with one attached hydrogen (secondary N) is 1. The fourth-order valence-electron chi connectivity index (χ4n) is 3.20. The fourth-order valence-corrected chi connectivity index (χ4v) is 3.92. The van der Waals surface area contributed by atoms with Gasteiger partial charge in [-0.1, -0.05) is 23.2 Å². The summed E-state index contributed by atoms with van der Waals surface area (Å²) in [4.78, 5) is 34.3. The Labute approximate surface area is 205 Å². The van der Waals surface area contributed by atoms with Crippen molar-refractivity contribution in [3.63, 3.8) is 0 Å². The van der Waals surface area contributed by atoms with Gasteiger partial charge < -0.3 is 26.3 Å². The average Bonchev–Trinajstić information content (AvgIpc) is 2.79. The van der Waals surface area contributed by atoms with E-state index in [4.69, 9.17) is 44.1 Å². The first-order valence-corrected chi connectivity index (χ1v) is 11.0. The maximum Gasteiger partial charge on any atom is 0.273 e. The molecular formula is C22H24Cl2N6O4. The van der Waals surface area contributed by atoms with E-state index in [1.54, 1.807) is 24.4 Å². The van der Waals surface area contributed by atoms with Gasteiger partial charge in [0, 0.05) is 19.9 Å². The highest BCUT2D eigenvalue weighted by molar-refractivity contribution is 6.37. The molecule has 5 N–H and O–H groups in total. The second kappa shape index (κ2) is 11.4. The third-order valence-corrected chi connectivity index (χ3v) is 5.38. The summed E-state index contributed by atoms with van der Waals surface area (Å²) >= 11 is 12.7. The van der Waals surface area contributed by atoms with Gasteiger partial charge in [-0.15, -0.1) is 0 Å². The third-order valence-electron chi connectivity index (χ3n) is 4.80. The first-order chi connectivity index (χ1) is 16.3. The lowest BCUT2D eigenvalue weighted by Crippen LogP contribution is -2.31. The summed E-state index contributed by atoms with van der Waals surface area (Å²) in [5.41, 5.74) is 12.7. The molecule has 1 atom stereocenters. The number of pyridine rings is 1. The molecule has 3 aromatic rings. The number of methoxy groups -OCH3 is 1. The molecule has 0 spiro atoms. The van der Waals surface area contributed by atoms with Crippen LogP contribution in [0.1, 0.15) is 34.5 Å². The predicted molar refractivity (Wildman–Crippen MR) is 131 cm³/mol. The number of carbonyl (C=O) groups excluding carboxylic acids is 1. The second-order valence-corrected chi connectivity index (χ2v) is 8.06. The number of nitrogens with zero attached hydrogens (tertiary/aromatic N) is 3. The first-order valence-electron chi connectivity index (χ1n) is 10.2. The van der Waals surface area contributed by atoms with Crippen molar-refractivity contribution in [3.05, 3.63) is 74.0 Å². The van der Waals surface area contributed by atoms with Gasteiger partial charge in [0.15, 0.2) is 0 Å². The largest absolute Gasteiger partial charge is 0.383 e. The topological polar surface area (TPSA) is 147 Å². The zero-order chi connectivity index (χ0) is 24.8. The molecule has 1 amide bonds. The standard InChI is InChI=1S/C22H24Cl2N6O4/c1-3-34-10-17(25)13-6-14(8-27-7-13)29-21(31)18-20(26)28-11-30(22(18)32)19-15(23)4-12(9-33-2)5-16(19)24/h4-8,11,17H,3,9-10,25-26H2,1-2H3,(H,29,31)/t17-/m0/s1. The van der Waals surface area contributed by atoms with Crippen LogP contribution in [-0.4, -0.2) is 40.8 Å². The number of amides is 1. The molecule has 12 heteroatoms. The van der Waals surface area contributed by atoms with Gasteiger partial charge in [0.1, 0.15) is 17.7 Å². The maximum atomic E-state index is 13.2. The van der Waals surface area contributed by atoms with Gasteiger partial charge in [-0.25, -0.2) is 4.98 Å². The summed E-state index contributed by atoms with van der Waals surface area (Å²) in [6, 6.07) is 4.42. The van der Waals surface area contributed by atoms with Crippen molar-refractivity contribution in [2.24, 2.45) is 5.73 Å². The Bertz CT molecular complexity index is 1230. The lowest BCUT2D eigenvalue weighted by molar-refractivity contribution is 0.102. The van der Waals surface area contributed by atoms with Gasteiger partial charge in [-0.05, 0) is 36.2 Å². The van der Waals surface area contributed by atoms with E-state index in [1.165, 1.54) is 13.3 Å². The Morgan fingerprint density at radius 1 is 1.24 bits per heavy atom. The van der Waals surface area contributed by atoms with Crippen molar-refractivity contribution in [1.82, 2.24) is 14.5 Å². The number of benzene rings is 1. The maximum absolute atomic E-state index is 13.2. The summed E-state index contributed by atoms with van der Waals surface area (Å²) in [5, 5.41) is 2.97. The molecule has 10 nitrogen and oxygen atoms in total. The minimum atomic E-state index is -0.773. The number of nitrogens with two attached hydrogens (primary N) is 2. The molecule has 180 valence electrons. The highest BCUT2D eigenvalue weighted by Crippen LogP contribution is 2.30. The molecule has 34 heavy (non-hydrogen) atoms. The van der Waals surface area contributed by atoms with Crippen molar-refractivity contribution in [3.8, 4) is 5.69 Å². The Balaban J connectivity index is 1.95. The van der Waals surface area contributed by atoms with Gasteiger partial charge in [-0.3, -0.25) is 19.1 Å². The van der Waals surface area contributed by atoms with E-state index in [9.17, 15) is 9.59 Å². The van der Waals surface area contributed by atoms with E-state index in [1.807, 2.05) is 6.92 Å². The number of aromatic nitrogens is 3. The van der Waals surface area contributed by atoms with Gasteiger partial charge in [-0.2, -0.15) is 0 Å². The lowest BCUT2D eigenvalue weighted by atomic mass is 10.1. The van der Waals surface area contributed by atoms with E-state index in [2.05, 4.69) is 15.3 Å². The normalized spacial score (nSPS) is 11.9. The minimum absolute atomic E-state index is 0.167. The van der Waals surface area contributed by atoms with Crippen LogP contribution in [0.5, 0.6) is 0 Å². The predicted octanol–water partition coefficient (Wildman–Crippen LogP) is 2.95. The molecule has 3 rings (SSSR count). The summed E-state index contributed by atoms with van der Waals surface area (Å²) in [5.74, 6) is -1.02. The van der Waals surface area contributed by atoms with Crippen LogP contribution < -0.4 is 22.3 Å². The van der Waals surface area contributed by atoms with E-state index in [0.29, 0.717) is 30.0 Å². The number of anilines is 2. The van der Waals surface area contributed by atoms with E-state index in [0.717, 1.165) is 10.9 Å². The number of hydrogen-bond acceptors (Lipinski definition) is 8. The number of ether oxygens (including phenoxy) is 2. The van der Waals surface area contributed by atoms with Crippen LogP contribution in [0.3, 0.4) is 0 Å². The quantitative estimate of drug-likeness (QED) is 0.401. The summed E-state index contributed by atoms with van der Waals surface area (Å²) in [6.45, 7) is 2.96. The van der Waals surface area contributed by atoms with Crippen LogP contribution >= 0.6 is 23.2 Å². The molecule has 0 saturated carbocycles. The first kappa shape index (κ1) is 25.6. The molecule has 0 fully saturated rings. The monoisotopic (exact) mass is 506 g/mol. The third kappa shape index (κ3) is 5.72. The van der Waals surface area contributed by atoms with Gasteiger partial charge in [0.05, 0.1) is 46.9 Å². The van der Waals surface area contributed by atoms with Crippen LogP contribution in [0.25, 0.3) is 5.69 Å². The van der Waals surface area contributed by atoms with E-state index in [-0.39, 0.29) is 33.7 Å². The fraction of sp³-hybridized carbons (Fsp3) is 0.273. The van der Waals surface area contributed by atoms with E-state index < -0.39 is 17.5 Å². The summed E-state index contributed by atoms with van der Waals surface area (Å²) in [6.07, 6.45) is 4.15. The van der Waals surface area contributed by atoms with E-state index >= 15 is 0 Å². The Kier molecular flexibility index (Phi) is 8.59. The molecule has 0 radical (unpaired) electrons. The van der Waals surface area contributed by atoms with Crippen molar-refractivity contribution in [2.45, 2.75) is 19.6 Å². The zero-order valence-corrected chi connectivity index (χ0v) is 20.1.